The topological polar surface area (TPSA) is 37.3 Å². The van der Waals surface area contributed by atoms with E-state index >= 15 is 0 Å². The number of aliphatic carboxylic acids is 1. The summed E-state index contributed by atoms with van der Waals surface area (Å²) in [6.45, 7) is 1.68. The van der Waals surface area contributed by atoms with E-state index < -0.39 is 5.97 Å². The number of halogens is 1. The van der Waals surface area contributed by atoms with Gasteiger partial charge >= 0.3 is 5.97 Å². The zero-order chi connectivity index (χ0) is 10.6. The molecule has 0 aliphatic rings. The average Bonchev–Trinajstić information content (AvgIpc) is 2.10. The molecule has 0 spiro atoms. The monoisotopic (exact) mass is 194 g/mol. The van der Waals surface area contributed by atoms with Gasteiger partial charge in [0.1, 0.15) is 5.82 Å². The van der Waals surface area contributed by atoms with Crippen molar-refractivity contribution < 1.29 is 14.3 Å². The predicted octanol–water partition coefficient (Wildman–Crippen LogP) is 2.62. The zero-order valence-electron chi connectivity index (χ0n) is 7.83. The standard InChI is InChI=1S/C11H11FO2/c1-8-5-6-9(7-10(8)12)3-2-4-11(13)14/h2-3,5-7H,4H2,1H3,(H,13,14). The van der Waals surface area contributed by atoms with Gasteiger partial charge in [0.2, 0.25) is 0 Å². The fourth-order valence-corrected chi connectivity index (χ4v) is 1.01. The van der Waals surface area contributed by atoms with Gasteiger partial charge < -0.3 is 5.11 Å². The molecule has 0 fully saturated rings. The summed E-state index contributed by atoms with van der Waals surface area (Å²) in [4.78, 5) is 10.2. The van der Waals surface area contributed by atoms with Gasteiger partial charge in [0.05, 0.1) is 6.42 Å². The van der Waals surface area contributed by atoms with Gasteiger partial charge in [0.15, 0.2) is 0 Å². The minimum atomic E-state index is -0.895. The lowest BCUT2D eigenvalue weighted by Gasteiger charge is -1.97. The van der Waals surface area contributed by atoms with E-state index in [0.29, 0.717) is 11.1 Å². The highest BCUT2D eigenvalue weighted by Crippen LogP contribution is 2.10. The van der Waals surface area contributed by atoms with Crippen LogP contribution in [0.15, 0.2) is 24.3 Å². The van der Waals surface area contributed by atoms with Crippen LogP contribution in [0, 0.1) is 12.7 Å². The molecule has 3 heteroatoms. The number of carboxylic acid groups (broad SMARTS) is 1. The van der Waals surface area contributed by atoms with Crippen molar-refractivity contribution in [1.29, 1.82) is 0 Å². The smallest absolute Gasteiger partial charge is 0.307 e. The van der Waals surface area contributed by atoms with Crippen LogP contribution in [0.5, 0.6) is 0 Å². The Morgan fingerprint density at radius 1 is 1.57 bits per heavy atom. The molecule has 0 saturated heterocycles. The molecule has 2 nitrogen and oxygen atoms in total. The molecular formula is C11H11FO2. The van der Waals surface area contributed by atoms with Gasteiger partial charge in [-0.05, 0) is 24.1 Å². The quantitative estimate of drug-likeness (QED) is 0.803. The average molecular weight is 194 g/mol. The van der Waals surface area contributed by atoms with E-state index in [1.807, 2.05) is 0 Å². The maximum atomic E-state index is 13.0. The molecule has 14 heavy (non-hydrogen) atoms. The van der Waals surface area contributed by atoms with Crippen molar-refractivity contribution in [3.8, 4) is 0 Å². The summed E-state index contributed by atoms with van der Waals surface area (Å²) in [5, 5.41) is 8.36. The number of benzene rings is 1. The number of hydrogen-bond donors (Lipinski definition) is 1. The van der Waals surface area contributed by atoms with Crippen LogP contribution < -0.4 is 0 Å². The van der Waals surface area contributed by atoms with Crippen molar-refractivity contribution in [3.63, 3.8) is 0 Å². The first kappa shape index (κ1) is 10.4. The predicted molar refractivity (Wildman–Crippen MR) is 52.4 cm³/mol. The molecular weight excluding hydrogens is 183 g/mol. The molecule has 0 aromatic heterocycles. The molecule has 1 aromatic carbocycles. The fraction of sp³-hybridized carbons (Fsp3) is 0.182. The highest BCUT2D eigenvalue weighted by Gasteiger charge is 1.96. The lowest BCUT2D eigenvalue weighted by molar-refractivity contribution is -0.135. The van der Waals surface area contributed by atoms with Crippen LogP contribution in [0.25, 0.3) is 6.08 Å². The summed E-state index contributed by atoms with van der Waals surface area (Å²) >= 11 is 0. The van der Waals surface area contributed by atoms with Crippen LogP contribution in [0.4, 0.5) is 4.39 Å². The second-order valence-electron chi connectivity index (χ2n) is 3.01. The Balaban J connectivity index is 2.73. The first-order valence-electron chi connectivity index (χ1n) is 4.24. The van der Waals surface area contributed by atoms with Crippen LogP contribution in [-0.2, 0) is 4.79 Å². The highest BCUT2D eigenvalue weighted by molar-refractivity contribution is 5.70. The van der Waals surface area contributed by atoms with Crippen LogP contribution >= 0.6 is 0 Å². The molecule has 0 amide bonds. The van der Waals surface area contributed by atoms with E-state index in [2.05, 4.69) is 0 Å². The third-order valence-electron chi connectivity index (χ3n) is 1.80. The third kappa shape index (κ3) is 3.01. The molecule has 0 bridgehead atoms. The van der Waals surface area contributed by atoms with Crippen LogP contribution in [0.2, 0.25) is 0 Å². The van der Waals surface area contributed by atoms with E-state index in [1.165, 1.54) is 12.1 Å². The Labute approximate surface area is 81.7 Å². The third-order valence-corrected chi connectivity index (χ3v) is 1.80. The van der Waals surface area contributed by atoms with Gasteiger partial charge in [-0.3, -0.25) is 4.79 Å². The summed E-state index contributed by atoms with van der Waals surface area (Å²) in [7, 11) is 0. The minimum Gasteiger partial charge on any atom is -0.481 e. The second-order valence-corrected chi connectivity index (χ2v) is 3.01. The molecule has 74 valence electrons. The molecule has 0 aliphatic carbocycles. The second kappa shape index (κ2) is 4.56. The van der Waals surface area contributed by atoms with E-state index in [0.717, 1.165) is 0 Å². The Hall–Kier alpha value is -1.64. The number of rotatable bonds is 3. The van der Waals surface area contributed by atoms with Crippen LogP contribution in [-0.4, -0.2) is 11.1 Å². The maximum absolute atomic E-state index is 13.0. The molecule has 0 atom stereocenters. The van der Waals surface area contributed by atoms with Gasteiger partial charge in [0.25, 0.3) is 0 Å². The van der Waals surface area contributed by atoms with Gasteiger partial charge in [-0.1, -0.05) is 24.3 Å². The molecule has 0 aliphatic heterocycles. The lowest BCUT2D eigenvalue weighted by atomic mass is 10.1. The molecule has 0 saturated carbocycles. The molecule has 1 rings (SSSR count). The minimum absolute atomic E-state index is 0.0461. The summed E-state index contributed by atoms with van der Waals surface area (Å²) in [6, 6.07) is 4.79. The van der Waals surface area contributed by atoms with Gasteiger partial charge in [-0.15, -0.1) is 0 Å². The van der Waals surface area contributed by atoms with Crippen molar-refractivity contribution in [1.82, 2.24) is 0 Å². The number of aryl methyl sites for hydroxylation is 1. The van der Waals surface area contributed by atoms with Crippen molar-refractivity contribution in [2.24, 2.45) is 0 Å². The molecule has 0 unspecified atom stereocenters. The highest BCUT2D eigenvalue weighted by atomic mass is 19.1. The lowest BCUT2D eigenvalue weighted by Crippen LogP contribution is -1.89. The van der Waals surface area contributed by atoms with E-state index in [9.17, 15) is 9.18 Å². The van der Waals surface area contributed by atoms with Gasteiger partial charge in [0, 0.05) is 0 Å². The van der Waals surface area contributed by atoms with Crippen LogP contribution in [0.3, 0.4) is 0 Å². The number of carbonyl (C=O) groups is 1. The zero-order valence-corrected chi connectivity index (χ0v) is 7.83. The molecule has 0 heterocycles. The Bertz CT molecular complexity index is 370. The van der Waals surface area contributed by atoms with Crippen molar-refractivity contribution in [3.05, 3.63) is 41.2 Å². The Morgan fingerprint density at radius 3 is 2.86 bits per heavy atom. The number of carboxylic acids is 1. The molecule has 1 aromatic rings. The first-order valence-corrected chi connectivity index (χ1v) is 4.24. The first-order chi connectivity index (χ1) is 6.59. The Morgan fingerprint density at radius 2 is 2.29 bits per heavy atom. The summed E-state index contributed by atoms with van der Waals surface area (Å²) in [5.41, 5.74) is 1.26. The van der Waals surface area contributed by atoms with E-state index in [-0.39, 0.29) is 12.2 Å². The van der Waals surface area contributed by atoms with Gasteiger partial charge in [-0.2, -0.15) is 0 Å². The summed E-state index contributed by atoms with van der Waals surface area (Å²) < 4.78 is 13.0. The Kier molecular flexibility index (Phi) is 3.40. The normalized spacial score (nSPS) is 10.7. The van der Waals surface area contributed by atoms with Crippen molar-refractivity contribution in [2.45, 2.75) is 13.3 Å². The van der Waals surface area contributed by atoms with Crippen molar-refractivity contribution in [2.75, 3.05) is 0 Å². The largest absolute Gasteiger partial charge is 0.481 e. The van der Waals surface area contributed by atoms with Gasteiger partial charge in [-0.25, -0.2) is 4.39 Å². The van der Waals surface area contributed by atoms with Crippen molar-refractivity contribution >= 4 is 12.0 Å². The molecule has 1 N–H and O–H groups in total. The van der Waals surface area contributed by atoms with E-state index in [4.69, 9.17) is 5.11 Å². The SMILES string of the molecule is Cc1ccc(C=CCC(=O)O)cc1F. The molecule has 0 radical (unpaired) electrons. The number of hydrogen-bond acceptors (Lipinski definition) is 1. The fourth-order valence-electron chi connectivity index (χ4n) is 1.01. The van der Waals surface area contributed by atoms with E-state index in [1.54, 1.807) is 25.1 Å². The van der Waals surface area contributed by atoms with Crippen LogP contribution in [0.1, 0.15) is 17.5 Å². The maximum Gasteiger partial charge on any atom is 0.307 e. The summed E-state index contributed by atoms with van der Waals surface area (Å²) in [5.74, 6) is -1.17. The summed E-state index contributed by atoms with van der Waals surface area (Å²) in [6.07, 6.45) is 3.04.